The Labute approximate surface area is 170 Å². The number of aliphatic imine (C=N–C) groups is 2. The van der Waals surface area contributed by atoms with Gasteiger partial charge in [0.1, 0.15) is 5.84 Å². The molecule has 0 aromatic rings. The summed E-state index contributed by atoms with van der Waals surface area (Å²) in [6.45, 7) is 1.42. The summed E-state index contributed by atoms with van der Waals surface area (Å²) in [5.41, 5.74) is 0.732. The first-order valence-electron chi connectivity index (χ1n) is 9.38. The van der Waals surface area contributed by atoms with Gasteiger partial charge in [0.05, 0.1) is 17.8 Å². The molecule has 0 aromatic heterocycles. The number of esters is 1. The van der Waals surface area contributed by atoms with E-state index in [1.807, 2.05) is 22.5 Å². The SMILES string of the molecule is C[C@@H](OC(=O)C(F)(F)F)C1=NC23SC=CC2=NC=CC3N1[C@H]1CC[C@@H](CC#N)C1. The lowest BCUT2D eigenvalue weighted by atomic mass is 9.98. The molecule has 0 saturated heterocycles. The molecule has 5 atom stereocenters. The van der Waals surface area contributed by atoms with Crippen LogP contribution in [0.3, 0.4) is 0 Å². The van der Waals surface area contributed by atoms with Crippen LogP contribution in [-0.2, 0) is 9.53 Å². The van der Waals surface area contributed by atoms with E-state index >= 15 is 0 Å². The summed E-state index contributed by atoms with van der Waals surface area (Å²) in [5.74, 6) is -1.66. The van der Waals surface area contributed by atoms with Crippen molar-refractivity contribution in [1.29, 1.82) is 5.26 Å². The number of nitrogens with zero attached hydrogens (tertiary/aromatic N) is 4. The van der Waals surface area contributed by atoms with Crippen molar-refractivity contribution in [3.05, 3.63) is 23.8 Å². The lowest BCUT2D eigenvalue weighted by molar-refractivity contribution is -0.201. The minimum absolute atomic E-state index is 0.00807. The van der Waals surface area contributed by atoms with Gasteiger partial charge in [0.2, 0.25) is 0 Å². The van der Waals surface area contributed by atoms with Gasteiger partial charge in [-0.1, -0.05) is 11.8 Å². The van der Waals surface area contributed by atoms with Crippen molar-refractivity contribution in [2.75, 3.05) is 0 Å². The van der Waals surface area contributed by atoms with Crippen LogP contribution < -0.4 is 0 Å². The normalized spacial score (nSPS) is 33.6. The van der Waals surface area contributed by atoms with Gasteiger partial charge < -0.3 is 9.64 Å². The number of halogens is 3. The van der Waals surface area contributed by atoms with Gasteiger partial charge in [0.15, 0.2) is 11.0 Å². The zero-order valence-corrected chi connectivity index (χ0v) is 16.4. The molecule has 1 aliphatic carbocycles. The van der Waals surface area contributed by atoms with E-state index in [1.165, 1.54) is 18.7 Å². The highest BCUT2D eigenvalue weighted by atomic mass is 32.2. The average molecular weight is 424 g/mol. The molecule has 0 bridgehead atoms. The highest BCUT2D eigenvalue weighted by Gasteiger charge is 2.57. The third kappa shape index (κ3) is 3.35. The van der Waals surface area contributed by atoms with Gasteiger partial charge >= 0.3 is 12.1 Å². The molecule has 4 rings (SSSR count). The molecule has 1 saturated carbocycles. The van der Waals surface area contributed by atoms with E-state index in [1.54, 1.807) is 6.20 Å². The Morgan fingerprint density at radius 3 is 3.03 bits per heavy atom. The quantitative estimate of drug-likeness (QED) is 0.645. The molecule has 3 heterocycles. The third-order valence-corrected chi connectivity index (χ3v) is 6.91. The molecule has 4 aliphatic rings. The van der Waals surface area contributed by atoms with Crippen molar-refractivity contribution in [2.24, 2.45) is 15.9 Å². The molecule has 6 nitrogen and oxygen atoms in total. The Hall–Kier alpha value is -2.28. The van der Waals surface area contributed by atoms with E-state index in [0.29, 0.717) is 12.3 Å². The second-order valence-electron chi connectivity index (χ2n) is 7.54. The minimum atomic E-state index is -5.06. The number of alkyl halides is 3. The maximum Gasteiger partial charge on any atom is 0.490 e. The number of carbonyl (C=O) groups is 1. The first kappa shape index (κ1) is 20.0. The maximum atomic E-state index is 12.7. The van der Waals surface area contributed by atoms with Gasteiger partial charge in [-0.15, -0.1) is 0 Å². The molecule has 3 aliphatic heterocycles. The van der Waals surface area contributed by atoms with E-state index in [4.69, 9.17) is 15.0 Å². The van der Waals surface area contributed by atoms with Crippen LogP contribution in [-0.4, -0.2) is 51.7 Å². The van der Waals surface area contributed by atoms with Gasteiger partial charge in [-0.3, -0.25) is 4.99 Å². The summed E-state index contributed by atoms with van der Waals surface area (Å²) < 4.78 is 42.9. The minimum Gasteiger partial charge on any atom is -0.448 e. The molecular formula is C19H19F3N4O2S. The van der Waals surface area contributed by atoms with E-state index in [9.17, 15) is 18.0 Å². The summed E-state index contributed by atoms with van der Waals surface area (Å²) in [5, 5.41) is 10.9. The van der Waals surface area contributed by atoms with E-state index < -0.39 is 23.1 Å². The average Bonchev–Trinajstić information content (AvgIpc) is 3.35. The number of amidine groups is 1. The second kappa shape index (κ2) is 7.20. The zero-order valence-electron chi connectivity index (χ0n) is 15.6. The van der Waals surface area contributed by atoms with Crippen LogP contribution in [0.2, 0.25) is 0 Å². The van der Waals surface area contributed by atoms with Crippen LogP contribution in [0.4, 0.5) is 13.2 Å². The number of rotatable bonds is 4. The summed E-state index contributed by atoms with van der Waals surface area (Å²) in [4.78, 5) is 21.8. The Kier molecular flexibility index (Phi) is 4.97. The number of ether oxygens (including phenoxy) is 1. The predicted molar refractivity (Wildman–Crippen MR) is 102 cm³/mol. The van der Waals surface area contributed by atoms with Gasteiger partial charge in [-0.25, -0.2) is 9.79 Å². The van der Waals surface area contributed by atoms with E-state index in [0.717, 1.165) is 25.0 Å². The monoisotopic (exact) mass is 424 g/mol. The first-order valence-corrected chi connectivity index (χ1v) is 10.3. The van der Waals surface area contributed by atoms with Crippen molar-refractivity contribution >= 4 is 29.3 Å². The molecule has 1 spiro atoms. The highest BCUT2D eigenvalue weighted by molar-refractivity contribution is 8.04. The van der Waals surface area contributed by atoms with Crippen LogP contribution in [0.15, 0.2) is 33.7 Å². The molecular weight excluding hydrogens is 405 g/mol. The largest absolute Gasteiger partial charge is 0.490 e. The first-order chi connectivity index (χ1) is 13.8. The van der Waals surface area contributed by atoms with Crippen molar-refractivity contribution < 1.29 is 22.7 Å². The second-order valence-corrected chi connectivity index (χ2v) is 8.67. The smallest absolute Gasteiger partial charge is 0.448 e. The number of carbonyl (C=O) groups excluding carboxylic acids is 1. The van der Waals surface area contributed by atoms with Crippen LogP contribution in [0, 0.1) is 17.2 Å². The van der Waals surface area contributed by atoms with Crippen LogP contribution in [0.1, 0.15) is 32.6 Å². The molecule has 1 fully saturated rings. The van der Waals surface area contributed by atoms with Gasteiger partial charge in [0, 0.05) is 18.7 Å². The molecule has 154 valence electrons. The van der Waals surface area contributed by atoms with Crippen molar-refractivity contribution in [3.63, 3.8) is 0 Å². The van der Waals surface area contributed by atoms with E-state index in [-0.39, 0.29) is 18.0 Å². The molecule has 2 unspecified atom stereocenters. The summed E-state index contributed by atoms with van der Waals surface area (Å²) in [6, 6.07) is 1.97. The lowest BCUT2D eigenvalue weighted by Gasteiger charge is -2.39. The summed E-state index contributed by atoms with van der Waals surface area (Å²) >= 11 is 1.46. The lowest BCUT2D eigenvalue weighted by Crippen LogP contribution is -2.53. The molecule has 0 radical (unpaired) electrons. The van der Waals surface area contributed by atoms with Crippen LogP contribution in [0.5, 0.6) is 0 Å². The molecule has 10 heteroatoms. The number of nitriles is 1. The standard InChI is InChI=1S/C19H19F3N4O2S/c1-11(28-17(27)19(20,21)22)16-25-18-14(6-9-29-18)24-8-5-15(18)26(16)13-3-2-12(10-13)4-7-23/h5-6,8-9,11-13,15H,2-4,10H2,1H3/t11-,12+,13+,15?,18?/m1/s1. The molecule has 0 aromatic carbocycles. The fourth-order valence-corrected chi connectivity index (χ4v) is 5.61. The van der Waals surface area contributed by atoms with Gasteiger partial charge in [-0.2, -0.15) is 18.4 Å². The van der Waals surface area contributed by atoms with Crippen LogP contribution >= 0.6 is 11.8 Å². The fraction of sp³-hybridized carbons (Fsp3) is 0.579. The molecule has 29 heavy (non-hydrogen) atoms. The number of thioether (sulfide) groups is 1. The molecule has 0 amide bonds. The fourth-order valence-electron chi connectivity index (χ4n) is 4.49. The Bertz CT molecular complexity index is 876. The van der Waals surface area contributed by atoms with Gasteiger partial charge in [0.25, 0.3) is 0 Å². The maximum absolute atomic E-state index is 12.7. The van der Waals surface area contributed by atoms with Crippen molar-refractivity contribution in [2.45, 2.75) is 61.8 Å². The van der Waals surface area contributed by atoms with Crippen molar-refractivity contribution in [1.82, 2.24) is 4.90 Å². The topological polar surface area (TPSA) is 78.0 Å². The van der Waals surface area contributed by atoms with Gasteiger partial charge in [-0.05, 0) is 49.7 Å². The molecule has 0 N–H and O–H groups in total. The highest BCUT2D eigenvalue weighted by Crippen LogP contribution is 2.49. The van der Waals surface area contributed by atoms with E-state index in [2.05, 4.69) is 11.1 Å². The Morgan fingerprint density at radius 1 is 1.52 bits per heavy atom. The predicted octanol–water partition coefficient (Wildman–Crippen LogP) is 3.57. The number of hydrogen-bond acceptors (Lipinski definition) is 7. The van der Waals surface area contributed by atoms with Crippen molar-refractivity contribution in [3.8, 4) is 6.07 Å². The Balaban J connectivity index is 1.66. The zero-order chi connectivity index (χ0) is 20.8. The summed E-state index contributed by atoms with van der Waals surface area (Å²) in [6.07, 6.45) is 2.09. The van der Waals surface area contributed by atoms with Crippen LogP contribution in [0.25, 0.3) is 0 Å². The number of hydrogen-bond donors (Lipinski definition) is 0. The summed E-state index contributed by atoms with van der Waals surface area (Å²) in [7, 11) is 0. The Morgan fingerprint density at radius 2 is 2.31 bits per heavy atom. The third-order valence-electron chi connectivity index (χ3n) is 5.73.